The predicted octanol–water partition coefficient (Wildman–Crippen LogP) is -0.209. The Bertz CT molecular complexity index is 306. The topological polar surface area (TPSA) is 85.6 Å². The first-order valence-corrected chi connectivity index (χ1v) is 4.81. The molecule has 0 aliphatic rings. The molecule has 0 spiro atoms. The van der Waals surface area contributed by atoms with Crippen molar-refractivity contribution in [3.05, 3.63) is 24.0 Å². The number of nitrogens with one attached hydrogen (secondary N) is 1. The van der Waals surface area contributed by atoms with Crippen molar-refractivity contribution >= 4 is 0 Å². The van der Waals surface area contributed by atoms with E-state index in [4.69, 9.17) is 0 Å². The van der Waals surface area contributed by atoms with Crippen molar-refractivity contribution in [2.45, 2.75) is 18.6 Å². The fraction of sp³-hybridized carbons (Fsp3) is 0.500. The van der Waals surface area contributed by atoms with Crippen LogP contribution in [-0.4, -0.2) is 40.0 Å². The second-order valence-corrected chi connectivity index (χ2v) is 3.31. The van der Waals surface area contributed by atoms with E-state index in [1.807, 2.05) is 0 Å². The molecule has 0 amide bonds. The summed E-state index contributed by atoms with van der Waals surface area (Å²) in [5, 5.41) is 31.6. The maximum absolute atomic E-state index is 9.70. The molecule has 0 aliphatic carbocycles. The molecule has 0 radical (unpaired) electrons. The van der Waals surface area contributed by atoms with Crippen molar-refractivity contribution in [3.63, 3.8) is 0 Å². The Labute approximate surface area is 88.4 Å². The van der Waals surface area contributed by atoms with E-state index in [-0.39, 0.29) is 11.4 Å². The Morgan fingerprint density at radius 1 is 1.47 bits per heavy atom. The van der Waals surface area contributed by atoms with Gasteiger partial charge < -0.3 is 20.6 Å². The zero-order valence-electron chi connectivity index (χ0n) is 8.59. The number of aromatic hydroxyl groups is 1. The highest BCUT2D eigenvalue weighted by Gasteiger charge is 2.21. The lowest BCUT2D eigenvalue weighted by molar-refractivity contribution is 0.0101. The van der Waals surface area contributed by atoms with Crippen molar-refractivity contribution in [2.24, 2.45) is 0 Å². The van der Waals surface area contributed by atoms with Gasteiger partial charge in [-0.25, -0.2) is 0 Å². The summed E-state index contributed by atoms with van der Waals surface area (Å²) in [5.41, 5.74) is 0.112. The van der Waals surface area contributed by atoms with E-state index in [1.165, 1.54) is 12.3 Å². The molecule has 0 aromatic carbocycles. The Morgan fingerprint density at radius 2 is 2.20 bits per heavy atom. The standard InChI is InChI=1S/C10H16N2O3/c1-11-6-4-8(14)10(15)9-7(13)3-2-5-12-9/h2-3,5,8,10-11,13-15H,4,6H2,1H3. The average molecular weight is 212 g/mol. The summed E-state index contributed by atoms with van der Waals surface area (Å²) in [6.45, 7) is 0.589. The lowest BCUT2D eigenvalue weighted by Gasteiger charge is -2.17. The number of aliphatic hydroxyl groups is 2. The van der Waals surface area contributed by atoms with Gasteiger partial charge in [-0.1, -0.05) is 0 Å². The van der Waals surface area contributed by atoms with Crippen LogP contribution in [0.15, 0.2) is 18.3 Å². The maximum Gasteiger partial charge on any atom is 0.139 e. The molecule has 1 rings (SSSR count). The average Bonchev–Trinajstić information content (AvgIpc) is 2.25. The number of aromatic nitrogens is 1. The molecule has 2 unspecified atom stereocenters. The van der Waals surface area contributed by atoms with Gasteiger partial charge in [-0.05, 0) is 32.1 Å². The molecule has 0 saturated heterocycles. The zero-order chi connectivity index (χ0) is 11.3. The quantitative estimate of drug-likeness (QED) is 0.542. The number of rotatable bonds is 5. The van der Waals surface area contributed by atoms with Gasteiger partial charge in [0.2, 0.25) is 0 Å². The van der Waals surface area contributed by atoms with Crippen LogP contribution in [0.1, 0.15) is 18.2 Å². The molecule has 84 valence electrons. The Balaban J connectivity index is 2.67. The van der Waals surface area contributed by atoms with Gasteiger partial charge in [-0.15, -0.1) is 0 Å². The fourth-order valence-corrected chi connectivity index (χ4v) is 1.27. The first-order chi connectivity index (χ1) is 7.16. The third-order valence-electron chi connectivity index (χ3n) is 2.15. The molecule has 5 heteroatoms. The predicted molar refractivity (Wildman–Crippen MR) is 55.4 cm³/mol. The van der Waals surface area contributed by atoms with Crippen LogP contribution in [0.2, 0.25) is 0 Å². The molecular weight excluding hydrogens is 196 g/mol. The third kappa shape index (κ3) is 3.16. The smallest absolute Gasteiger partial charge is 0.139 e. The Morgan fingerprint density at radius 3 is 2.80 bits per heavy atom. The van der Waals surface area contributed by atoms with Crippen LogP contribution in [0.4, 0.5) is 0 Å². The van der Waals surface area contributed by atoms with Crippen LogP contribution >= 0.6 is 0 Å². The number of nitrogens with zero attached hydrogens (tertiary/aromatic N) is 1. The number of hydrogen-bond donors (Lipinski definition) is 4. The van der Waals surface area contributed by atoms with E-state index in [0.717, 1.165) is 0 Å². The van der Waals surface area contributed by atoms with Gasteiger partial charge in [0.1, 0.15) is 17.5 Å². The summed E-state index contributed by atoms with van der Waals surface area (Å²) in [4.78, 5) is 3.83. The number of hydrogen-bond acceptors (Lipinski definition) is 5. The molecule has 0 aliphatic heterocycles. The normalized spacial score (nSPS) is 14.9. The molecule has 1 aromatic heterocycles. The Kier molecular flexibility index (Phi) is 4.48. The summed E-state index contributed by atoms with van der Waals surface area (Å²) in [6.07, 6.45) is -0.227. The highest BCUT2D eigenvalue weighted by molar-refractivity contribution is 5.27. The number of aliphatic hydroxyl groups excluding tert-OH is 2. The highest BCUT2D eigenvalue weighted by atomic mass is 16.3. The Hall–Kier alpha value is -1.17. The van der Waals surface area contributed by atoms with Crippen LogP contribution in [0.3, 0.4) is 0 Å². The van der Waals surface area contributed by atoms with Crippen molar-refractivity contribution in [1.82, 2.24) is 10.3 Å². The van der Waals surface area contributed by atoms with Crippen molar-refractivity contribution in [2.75, 3.05) is 13.6 Å². The minimum atomic E-state index is -1.15. The molecule has 1 aromatic rings. The fourth-order valence-electron chi connectivity index (χ4n) is 1.27. The van der Waals surface area contributed by atoms with Gasteiger partial charge >= 0.3 is 0 Å². The van der Waals surface area contributed by atoms with E-state index in [2.05, 4.69) is 10.3 Å². The monoisotopic (exact) mass is 212 g/mol. The SMILES string of the molecule is CNCCC(O)C(O)c1ncccc1O. The first kappa shape index (κ1) is 11.9. The lowest BCUT2D eigenvalue weighted by Crippen LogP contribution is -2.23. The maximum atomic E-state index is 9.70. The van der Waals surface area contributed by atoms with E-state index < -0.39 is 12.2 Å². The molecule has 4 N–H and O–H groups in total. The van der Waals surface area contributed by atoms with Crippen molar-refractivity contribution < 1.29 is 15.3 Å². The van der Waals surface area contributed by atoms with Crippen LogP contribution in [0, 0.1) is 0 Å². The van der Waals surface area contributed by atoms with Crippen LogP contribution in [0.5, 0.6) is 5.75 Å². The van der Waals surface area contributed by atoms with Crippen LogP contribution in [-0.2, 0) is 0 Å². The van der Waals surface area contributed by atoms with Gasteiger partial charge in [0.05, 0.1) is 6.10 Å². The summed E-state index contributed by atoms with van der Waals surface area (Å²) < 4.78 is 0. The van der Waals surface area contributed by atoms with Gasteiger partial charge in [0, 0.05) is 6.20 Å². The molecule has 0 saturated carbocycles. The van der Waals surface area contributed by atoms with E-state index in [9.17, 15) is 15.3 Å². The summed E-state index contributed by atoms with van der Waals surface area (Å²) in [6, 6.07) is 2.99. The minimum Gasteiger partial charge on any atom is -0.506 e. The van der Waals surface area contributed by atoms with Gasteiger partial charge in [0.25, 0.3) is 0 Å². The summed E-state index contributed by atoms with van der Waals surface area (Å²) in [5.74, 6) is -0.103. The molecular formula is C10H16N2O3. The number of pyridine rings is 1. The van der Waals surface area contributed by atoms with E-state index in [1.54, 1.807) is 13.1 Å². The molecule has 5 nitrogen and oxygen atoms in total. The third-order valence-corrected chi connectivity index (χ3v) is 2.15. The van der Waals surface area contributed by atoms with E-state index >= 15 is 0 Å². The van der Waals surface area contributed by atoms with Crippen molar-refractivity contribution in [3.8, 4) is 5.75 Å². The van der Waals surface area contributed by atoms with Gasteiger partial charge in [-0.3, -0.25) is 4.98 Å². The molecule has 1 heterocycles. The van der Waals surface area contributed by atoms with Crippen molar-refractivity contribution in [1.29, 1.82) is 0 Å². The molecule has 0 bridgehead atoms. The van der Waals surface area contributed by atoms with E-state index in [0.29, 0.717) is 13.0 Å². The minimum absolute atomic E-state index is 0.103. The summed E-state index contributed by atoms with van der Waals surface area (Å²) >= 11 is 0. The summed E-state index contributed by atoms with van der Waals surface area (Å²) in [7, 11) is 1.76. The lowest BCUT2D eigenvalue weighted by atomic mass is 10.1. The second-order valence-electron chi connectivity index (χ2n) is 3.31. The van der Waals surface area contributed by atoms with Gasteiger partial charge in [-0.2, -0.15) is 0 Å². The van der Waals surface area contributed by atoms with Crippen LogP contribution in [0.25, 0.3) is 0 Å². The van der Waals surface area contributed by atoms with Gasteiger partial charge in [0.15, 0.2) is 0 Å². The van der Waals surface area contributed by atoms with Crippen LogP contribution < -0.4 is 5.32 Å². The highest BCUT2D eigenvalue weighted by Crippen LogP contribution is 2.24. The second kappa shape index (κ2) is 5.65. The first-order valence-electron chi connectivity index (χ1n) is 4.81. The largest absolute Gasteiger partial charge is 0.506 e. The molecule has 15 heavy (non-hydrogen) atoms. The molecule has 0 fully saturated rings. The molecule has 2 atom stereocenters. The zero-order valence-corrected chi connectivity index (χ0v) is 8.59.